The highest BCUT2D eigenvalue weighted by Crippen LogP contribution is 2.23. The molecule has 0 bridgehead atoms. The molecule has 0 unspecified atom stereocenters. The molecule has 3 aromatic rings. The van der Waals surface area contributed by atoms with Crippen molar-refractivity contribution in [3.05, 3.63) is 76.3 Å². The SMILES string of the molecule is Cc1cnccc1NC(=O)c1c(C)nn(Cc2ccccc2)c1Cl. The molecule has 6 heteroatoms. The minimum atomic E-state index is -0.272. The lowest BCUT2D eigenvalue weighted by molar-refractivity contribution is 0.102. The predicted molar refractivity (Wildman–Crippen MR) is 94.4 cm³/mol. The third-order valence-electron chi connectivity index (χ3n) is 3.74. The van der Waals surface area contributed by atoms with E-state index in [0.717, 1.165) is 11.1 Å². The molecule has 0 saturated carbocycles. The summed E-state index contributed by atoms with van der Waals surface area (Å²) in [5.74, 6) is -0.272. The fourth-order valence-corrected chi connectivity index (χ4v) is 2.79. The van der Waals surface area contributed by atoms with Gasteiger partial charge in [0, 0.05) is 18.1 Å². The van der Waals surface area contributed by atoms with Gasteiger partial charge in [0.25, 0.3) is 5.91 Å². The molecule has 0 aliphatic rings. The van der Waals surface area contributed by atoms with Gasteiger partial charge in [0.2, 0.25) is 0 Å². The molecular weight excluding hydrogens is 324 g/mol. The van der Waals surface area contributed by atoms with Crippen LogP contribution in [0.1, 0.15) is 27.2 Å². The molecule has 3 rings (SSSR count). The lowest BCUT2D eigenvalue weighted by Gasteiger charge is -2.08. The van der Waals surface area contributed by atoms with E-state index in [1.54, 1.807) is 30.1 Å². The van der Waals surface area contributed by atoms with Crippen molar-refractivity contribution >= 4 is 23.2 Å². The average Bonchev–Trinajstić information content (AvgIpc) is 2.84. The summed E-state index contributed by atoms with van der Waals surface area (Å²) in [6.07, 6.45) is 3.33. The van der Waals surface area contributed by atoms with Crippen LogP contribution < -0.4 is 5.32 Å². The maximum atomic E-state index is 12.6. The van der Waals surface area contributed by atoms with Gasteiger partial charge in [0.1, 0.15) is 5.15 Å². The Morgan fingerprint density at radius 2 is 1.96 bits per heavy atom. The van der Waals surface area contributed by atoms with E-state index < -0.39 is 0 Å². The van der Waals surface area contributed by atoms with Crippen molar-refractivity contribution in [2.75, 3.05) is 5.32 Å². The van der Waals surface area contributed by atoms with Crippen LogP contribution in [0.3, 0.4) is 0 Å². The number of rotatable bonds is 4. The number of pyridine rings is 1. The topological polar surface area (TPSA) is 59.8 Å². The molecule has 1 N–H and O–H groups in total. The van der Waals surface area contributed by atoms with E-state index in [0.29, 0.717) is 28.6 Å². The first-order chi connectivity index (χ1) is 11.6. The molecule has 0 spiro atoms. The van der Waals surface area contributed by atoms with Gasteiger partial charge in [-0.15, -0.1) is 0 Å². The molecule has 2 heterocycles. The number of nitrogens with one attached hydrogen (secondary N) is 1. The van der Waals surface area contributed by atoms with Gasteiger partial charge >= 0.3 is 0 Å². The van der Waals surface area contributed by atoms with Crippen molar-refractivity contribution in [3.63, 3.8) is 0 Å². The van der Waals surface area contributed by atoms with E-state index in [2.05, 4.69) is 15.4 Å². The van der Waals surface area contributed by atoms with Crippen LogP contribution in [0, 0.1) is 13.8 Å². The van der Waals surface area contributed by atoms with Gasteiger partial charge in [-0.25, -0.2) is 4.68 Å². The quantitative estimate of drug-likeness (QED) is 0.784. The Morgan fingerprint density at radius 3 is 2.67 bits per heavy atom. The van der Waals surface area contributed by atoms with Crippen LogP contribution in [-0.2, 0) is 6.54 Å². The second-order valence-corrected chi connectivity index (χ2v) is 5.90. The number of carbonyl (C=O) groups is 1. The van der Waals surface area contributed by atoms with Crippen LogP contribution in [0.2, 0.25) is 5.15 Å². The number of aromatic nitrogens is 3. The van der Waals surface area contributed by atoms with Gasteiger partial charge in [-0.2, -0.15) is 5.10 Å². The second-order valence-electron chi connectivity index (χ2n) is 5.54. The van der Waals surface area contributed by atoms with Gasteiger partial charge < -0.3 is 5.32 Å². The molecule has 24 heavy (non-hydrogen) atoms. The number of halogens is 1. The zero-order chi connectivity index (χ0) is 17.1. The number of aryl methyl sites for hydroxylation is 2. The Balaban J connectivity index is 1.86. The maximum Gasteiger partial charge on any atom is 0.260 e. The molecule has 0 saturated heterocycles. The summed E-state index contributed by atoms with van der Waals surface area (Å²) in [6.45, 7) is 4.18. The second kappa shape index (κ2) is 6.84. The summed E-state index contributed by atoms with van der Waals surface area (Å²) in [5.41, 5.74) is 3.65. The van der Waals surface area contributed by atoms with Crippen LogP contribution >= 0.6 is 11.6 Å². The van der Waals surface area contributed by atoms with Crippen LogP contribution in [0.25, 0.3) is 0 Å². The van der Waals surface area contributed by atoms with Gasteiger partial charge in [-0.1, -0.05) is 41.9 Å². The highest BCUT2D eigenvalue weighted by molar-refractivity contribution is 6.33. The van der Waals surface area contributed by atoms with Gasteiger partial charge in [0.05, 0.1) is 17.8 Å². The third kappa shape index (κ3) is 3.31. The van der Waals surface area contributed by atoms with Crippen molar-refractivity contribution in [2.24, 2.45) is 0 Å². The first kappa shape index (κ1) is 16.2. The smallest absolute Gasteiger partial charge is 0.260 e. The zero-order valence-corrected chi connectivity index (χ0v) is 14.2. The summed E-state index contributed by atoms with van der Waals surface area (Å²) < 4.78 is 1.64. The average molecular weight is 341 g/mol. The van der Waals surface area contributed by atoms with Gasteiger partial charge in [0.15, 0.2) is 0 Å². The largest absolute Gasteiger partial charge is 0.321 e. The Bertz CT molecular complexity index is 874. The zero-order valence-electron chi connectivity index (χ0n) is 13.5. The monoisotopic (exact) mass is 340 g/mol. The minimum absolute atomic E-state index is 0.272. The number of benzene rings is 1. The number of hydrogen-bond donors (Lipinski definition) is 1. The Labute approximate surface area is 145 Å². The fraction of sp³-hybridized carbons (Fsp3) is 0.167. The van der Waals surface area contributed by atoms with Crippen LogP contribution in [-0.4, -0.2) is 20.7 Å². The normalized spacial score (nSPS) is 10.6. The highest BCUT2D eigenvalue weighted by atomic mass is 35.5. The molecule has 0 aliphatic heterocycles. The van der Waals surface area contributed by atoms with E-state index >= 15 is 0 Å². The van der Waals surface area contributed by atoms with Crippen molar-refractivity contribution in [3.8, 4) is 0 Å². The number of carbonyl (C=O) groups excluding carboxylic acids is 1. The molecule has 1 amide bonds. The standard InChI is InChI=1S/C18H17ClN4O/c1-12-10-20-9-8-15(12)21-18(24)16-13(2)22-23(17(16)19)11-14-6-4-3-5-7-14/h3-10H,11H2,1-2H3,(H,20,21,24). The highest BCUT2D eigenvalue weighted by Gasteiger charge is 2.21. The molecule has 2 aromatic heterocycles. The van der Waals surface area contributed by atoms with Crippen molar-refractivity contribution < 1.29 is 4.79 Å². The predicted octanol–water partition coefficient (Wildman–Crippen LogP) is 3.85. The van der Waals surface area contributed by atoms with E-state index in [-0.39, 0.29) is 5.91 Å². The number of hydrogen-bond acceptors (Lipinski definition) is 3. The summed E-state index contributed by atoms with van der Waals surface area (Å²) in [5, 5.41) is 7.60. The Hall–Kier alpha value is -2.66. The Kier molecular flexibility index (Phi) is 4.62. The van der Waals surface area contributed by atoms with E-state index in [1.165, 1.54) is 0 Å². The van der Waals surface area contributed by atoms with Gasteiger partial charge in [-0.3, -0.25) is 9.78 Å². The molecule has 0 atom stereocenters. The van der Waals surface area contributed by atoms with Crippen LogP contribution in [0.5, 0.6) is 0 Å². The first-order valence-corrected chi connectivity index (χ1v) is 7.93. The number of nitrogens with zero attached hydrogens (tertiary/aromatic N) is 3. The van der Waals surface area contributed by atoms with Crippen LogP contribution in [0.15, 0.2) is 48.8 Å². The molecular formula is C18H17ClN4O. The number of anilines is 1. The van der Waals surface area contributed by atoms with Crippen LogP contribution in [0.4, 0.5) is 5.69 Å². The third-order valence-corrected chi connectivity index (χ3v) is 4.12. The van der Waals surface area contributed by atoms with Gasteiger partial charge in [-0.05, 0) is 31.0 Å². The number of amides is 1. The molecule has 0 radical (unpaired) electrons. The van der Waals surface area contributed by atoms with E-state index in [9.17, 15) is 4.79 Å². The maximum absolute atomic E-state index is 12.6. The molecule has 122 valence electrons. The molecule has 1 aromatic carbocycles. The fourth-order valence-electron chi connectivity index (χ4n) is 2.47. The minimum Gasteiger partial charge on any atom is -0.321 e. The first-order valence-electron chi connectivity index (χ1n) is 7.55. The van der Waals surface area contributed by atoms with E-state index in [4.69, 9.17) is 11.6 Å². The summed E-state index contributed by atoms with van der Waals surface area (Å²) >= 11 is 6.41. The lowest BCUT2D eigenvalue weighted by atomic mass is 10.2. The molecule has 0 aliphatic carbocycles. The summed E-state index contributed by atoms with van der Waals surface area (Å²) in [4.78, 5) is 16.6. The summed E-state index contributed by atoms with van der Waals surface area (Å²) in [7, 11) is 0. The van der Waals surface area contributed by atoms with Crippen molar-refractivity contribution in [2.45, 2.75) is 20.4 Å². The lowest BCUT2D eigenvalue weighted by Crippen LogP contribution is -2.14. The van der Waals surface area contributed by atoms with Crippen molar-refractivity contribution in [1.29, 1.82) is 0 Å². The molecule has 0 fully saturated rings. The van der Waals surface area contributed by atoms with Crippen molar-refractivity contribution in [1.82, 2.24) is 14.8 Å². The Morgan fingerprint density at radius 1 is 1.21 bits per heavy atom. The summed E-state index contributed by atoms with van der Waals surface area (Å²) in [6, 6.07) is 11.6. The molecule has 5 nitrogen and oxygen atoms in total. The van der Waals surface area contributed by atoms with E-state index in [1.807, 2.05) is 37.3 Å².